The number of carbonyl (C=O) groups is 1. The summed E-state index contributed by atoms with van der Waals surface area (Å²) in [6.07, 6.45) is 9.37. The van der Waals surface area contributed by atoms with E-state index in [1.807, 2.05) is 42.5 Å². The largest absolute Gasteiger partial charge is 0.459 e. The first-order valence-electron chi connectivity index (χ1n) is 24.3. The molecule has 374 valence electrons. The summed E-state index contributed by atoms with van der Waals surface area (Å²) >= 11 is 0. The Balaban J connectivity index is 1.36. The topological polar surface area (TPSA) is 210 Å². The number of non-ortho nitro benzene ring substituents is 1. The van der Waals surface area contributed by atoms with E-state index in [0.717, 1.165) is 42.4 Å². The third-order valence-corrected chi connectivity index (χ3v) is 13.2. The Bertz CT molecular complexity index is 2180. The van der Waals surface area contributed by atoms with Crippen molar-refractivity contribution >= 4 is 17.5 Å². The molecule has 17 nitrogen and oxygen atoms in total. The highest BCUT2D eigenvalue weighted by Gasteiger charge is 2.65. The quantitative estimate of drug-likeness (QED) is 0.0285. The second-order valence-electron chi connectivity index (χ2n) is 17.7. The number of carbonyl (C=O) groups excluding carboxylic acids is 1. The van der Waals surface area contributed by atoms with E-state index in [0.29, 0.717) is 62.5 Å². The van der Waals surface area contributed by atoms with Gasteiger partial charge in [-0.05, 0) is 85.8 Å². The molecule has 0 radical (unpaired) electrons. The van der Waals surface area contributed by atoms with Crippen LogP contribution in [0.5, 0.6) is 17.2 Å². The Morgan fingerprint density at radius 3 is 2.48 bits per heavy atom. The normalized spacial score (nSPS) is 24.3. The summed E-state index contributed by atoms with van der Waals surface area (Å²) in [6.45, 7) is 5.02. The molecule has 1 unspecified atom stereocenters. The Kier molecular flexibility index (Phi) is 19.4. The maximum atomic E-state index is 14.8. The predicted octanol–water partition coefficient (Wildman–Crippen LogP) is 8.21. The van der Waals surface area contributed by atoms with Crippen molar-refractivity contribution in [3.05, 3.63) is 118 Å². The van der Waals surface area contributed by atoms with Gasteiger partial charge in [0, 0.05) is 50.1 Å². The van der Waals surface area contributed by atoms with Crippen LogP contribution in [0.3, 0.4) is 0 Å². The number of rotatable bonds is 27. The molecule has 0 bridgehead atoms. The number of allylic oxidation sites excluding steroid dienone is 1. The Labute approximate surface area is 403 Å². The maximum absolute atomic E-state index is 14.8. The minimum Gasteiger partial charge on any atom is -0.459 e. The molecular formula is C52H67N3O14. The van der Waals surface area contributed by atoms with Crippen LogP contribution in [0.15, 0.2) is 102 Å². The van der Waals surface area contributed by atoms with Crippen LogP contribution in [-0.2, 0) is 35.1 Å². The van der Waals surface area contributed by atoms with Crippen molar-refractivity contribution in [2.24, 2.45) is 22.9 Å². The van der Waals surface area contributed by atoms with E-state index in [2.05, 4.69) is 12.7 Å². The van der Waals surface area contributed by atoms with Gasteiger partial charge in [-0.3, -0.25) is 15.0 Å². The van der Waals surface area contributed by atoms with Crippen LogP contribution < -0.4 is 9.47 Å². The Morgan fingerprint density at radius 2 is 1.72 bits per heavy atom. The average molecular weight is 958 g/mol. The molecule has 1 saturated carbocycles. The fraction of sp³-hybridized carbons (Fsp3) is 0.538. The van der Waals surface area contributed by atoms with E-state index < -0.39 is 35.1 Å². The smallest absolute Gasteiger partial charge is 0.410 e. The highest BCUT2D eigenvalue weighted by atomic mass is 16.8. The van der Waals surface area contributed by atoms with Gasteiger partial charge >= 0.3 is 6.09 Å². The van der Waals surface area contributed by atoms with Gasteiger partial charge in [0.2, 0.25) is 12.1 Å². The minimum atomic E-state index is -1.59. The van der Waals surface area contributed by atoms with Gasteiger partial charge in [-0.2, -0.15) is 0 Å². The SMILES string of the molecule is C=CCO[C@@]12Oc3ccc(Oc4cccc([N+](=O)[O-])c4)cc3[C@H]3[C@H](CCCCO)[C@@H](CCCCO)C=C(C(=NOC4CCCCO4)C[C@@H]1N(CCOCCO)C(=O)OCCOCc1ccccc1)[C@H]32. The lowest BCUT2D eigenvalue weighted by Crippen LogP contribution is -2.70. The average Bonchev–Trinajstić information content (AvgIpc) is 3.37. The molecule has 17 heteroatoms. The molecular weight excluding hydrogens is 891 g/mol. The van der Waals surface area contributed by atoms with Crippen LogP contribution >= 0.6 is 0 Å². The number of unbranched alkanes of at least 4 members (excludes halogenated alkanes) is 2. The molecule has 69 heavy (non-hydrogen) atoms. The van der Waals surface area contributed by atoms with Gasteiger partial charge < -0.3 is 53.3 Å². The fourth-order valence-corrected chi connectivity index (χ4v) is 10.2. The first kappa shape index (κ1) is 51.5. The van der Waals surface area contributed by atoms with Crippen molar-refractivity contribution in [1.82, 2.24) is 4.90 Å². The lowest BCUT2D eigenvalue weighted by Gasteiger charge is -2.59. The molecule has 0 spiro atoms. The molecule has 2 heterocycles. The van der Waals surface area contributed by atoms with Gasteiger partial charge in [-0.25, -0.2) is 4.79 Å². The number of hydrogen-bond donors (Lipinski definition) is 3. The highest BCUT2D eigenvalue weighted by Crippen LogP contribution is 2.62. The number of nitro benzene ring substituents is 1. The summed E-state index contributed by atoms with van der Waals surface area (Å²) in [7, 11) is 0. The summed E-state index contributed by atoms with van der Waals surface area (Å²) < 4.78 is 44.4. The molecule has 0 aromatic heterocycles. The zero-order chi connectivity index (χ0) is 48.4. The van der Waals surface area contributed by atoms with Gasteiger partial charge in [0.25, 0.3) is 5.69 Å². The zero-order valence-corrected chi connectivity index (χ0v) is 39.3. The molecule has 1 amide bonds. The van der Waals surface area contributed by atoms with Crippen molar-refractivity contribution in [3.8, 4) is 17.2 Å². The minimum absolute atomic E-state index is 0.0243. The van der Waals surface area contributed by atoms with Crippen molar-refractivity contribution in [2.45, 2.75) is 94.9 Å². The summed E-state index contributed by atoms with van der Waals surface area (Å²) in [5.74, 6) is -1.51. The summed E-state index contributed by atoms with van der Waals surface area (Å²) in [4.78, 5) is 33.8. The summed E-state index contributed by atoms with van der Waals surface area (Å²) in [5.41, 5.74) is 3.09. The number of fused-ring (bicyclic) bond motifs is 2. The van der Waals surface area contributed by atoms with E-state index in [4.69, 9.17) is 43.2 Å². The van der Waals surface area contributed by atoms with Gasteiger partial charge in [0.15, 0.2) is 0 Å². The number of benzene rings is 3. The van der Waals surface area contributed by atoms with E-state index in [1.54, 1.807) is 29.2 Å². The predicted molar refractivity (Wildman–Crippen MR) is 255 cm³/mol. The third kappa shape index (κ3) is 13.1. The third-order valence-electron chi connectivity index (χ3n) is 13.2. The van der Waals surface area contributed by atoms with Crippen molar-refractivity contribution < 1.29 is 63.0 Å². The molecule has 3 aromatic carbocycles. The first-order valence-corrected chi connectivity index (χ1v) is 24.3. The molecule has 2 aliphatic heterocycles. The van der Waals surface area contributed by atoms with Crippen molar-refractivity contribution in [3.63, 3.8) is 0 Å². The number of nitrogens with zero attached hydrogens (tertiary/aromatic N) is 3. The number of amides is 1. The maximum Gasteiger partial charge on any atom is 0.410 e. The van der Waals surface area contributed by atoms with Crippen LogP contribution in [-0.4, -0.2) is 121 Å². The van der Waals surface area contributed by atoms with E-state index in [1.165, 1.54) is 12.1 Å². The Hall–Kier alpha value is -5.40. The number of ether oxygens (including phenoxy) is 7. The van der Waals surface area contributed by atoms with Crippen molar-refractivity contribution in [1.29, 1.82) is 0 Å². The van der Waals surface area contributed by atoms with Crippen LogP contribution in [0.25, 0.3) is 0 Å². The molecule has 2 fully saturated rings. The van der Waals surface area contributed by atoms with E-state index in [-0.39, 0.29) is 95.0 Å². The van der Waals surface area contributed by atoms with Crippen LogP contribution in [0.2, 0.25) is 0 Å². The van der Waals surface area contributed by atoms with Gasteiger partial charge in [0.1, 0.15) is 29.9 Å². The highest BCUT2D eigenvalue weighted by molar-refractivity contribution is 6.03. The molecule has 1 saturated heterocycles. The monoisotopic (exact) mass is 957 g/mol. The molecule has 3 aromatic rings. The number of hydrogen-bond acceptors (Lipinski definition) is 15. The lowest BCUT2D eigenvalue weighted by molar-refractivity contribution is -0.384. The second-order valence-corrected chi connectivity index (χ2v) is 17.7. The van der Waals surface area contributed by atoms with Gasteiger partial charge in [0.05, 0.1) is 68.9 Å². The van der Waals surface area contributed by atoms with Gasteiger partial charge in [-0.15, -0.1) is 6.58 Å². The van der Waals surface area contributed by atoms with E-state index >= 15 is 0 Å². The standard InChI is InChI=1S/C52H67N3O14/c1-2-26-66-52-47(54(22-28-62-29-25-58)51(59)65-31-30-63-36-37-13-4-3-5-14-37)35-45(53-69-48-19-8-11-27-64-48)43-32-38(15-6-9-23-56)42(18-7-10-24-57)49(50(43)52)44-34-41(20-21-46(44)68-52)67-40-17-12-16-39(33-40)55(60)61/h2-5,12-14,16-17,20-21,32-34,38,42,47-50,56-58H,1,6-11,15,18-19,22-31,35-36H2/t38-,42+,47-,48?,49+,50+,52+/m0/s1. The number of nitro groups is 1. The zero-order valence-electron chi connectivity index (χ0n) is 39.3. The van der Waals surface area contributed by atoms with Crippen LogP contribution in [0.1, 0.15) is 81.3 Å². The molecule has 4 aliphatic rings. The van der Waals surface area contributed by atoms with Crippen LogP contribution in [0, 0.1) is 27.9 Å². The summed E-state index contributed by atoms with van der Waals surface area (Å²) in [5, 5.41) is 46.3. The molecule has 3 N–H and O–H groups in total. The van der Waals surface area contributed by atoms with Gasteiger partial charge in [-0.1, -0.05) is 66.5 Å². The number of oxime groups is 1. The number of aliphatic hydroxyl groups excluding tert-OH is 3. The second kappa shape index (κ2) is 26.0. The lowest BCUT2D eigenvalue weighted by atomic mass is 9.55. The van der Waals surface area contributed by atoms with Crippen LogP contribution in [0.4, 0.5) is 10.5 Å². The summed E-state index contributed by atoms with van der Waals surface area (Å²) in [6, 6.07) is 20.3. The van der Waals surface area contributed by atoms with Crippen molar-refractivity contribution in [2.75, 3.05) is 66.0 Å². The van der Waals surface area contributed by atoms with E-state index in [9.17, 15) is 30.2 Å². The first-order chi connectivity index (χ1) is 33.8. The molecule has 2 aliphatic carbocycles. The molecule has 7 atom stereocenters. The Morgan fingerprint density at radius 1 is 0.913 bits per heavy atom. The fourth-order valence-electron chi connectivity index (χ4n) is 10.2. The molecule has 7 rings (SSSR count). The number of aliphatic hydroxyl groups is 3.